The molecule has 4 aromatic rings. The minimum atomic E-state index is -4.60. The Morgan fingerprint density at radius 3 is 2.38 bits per heavy atom. The molecule has 1 aromatic heterocycles. The van der Waals surface area contributed by atoms with Gasteiger partial charge in [0.05, 0.1) is 33.6 Å². The molecule has 0 aliphatic heterocycles. The number of benzene rings is 3. The number of aryl methyl sites for hydroxylation is 1. The van der Waals surface area contributed by atoms with E-state index in [-0.39, 0.29) is 22.2 Å². The second-order valence-electron chi connectivity index (χ2n) is 7.45. The van der Waals surface area contributed by atoms with Crippen LogP contribution in [0.5, 0.6) is 0 Å². The van der Waals surface area contributed by atoms with Crippen molar-refractivity contribution in [3.63, 3.8) is 0 Å². The predicted molar refractivity (Wildman–Crippen MR) is 128 cm³/mol. The molecular weight excluding hydrogens is 463 g/mol. The van der Waals surface area contributed by atoms with E-state index in [1.54, 1.807) is 36.4 Å². The Hall–Kier alpha value is -3.59. The molecule has 0 saturated carbocycles. The highest BCUT2D eigenvalue weighted by Crippen LogP contribution is 2.34. The van der Waals surface area contributed by atoms with Gasteiger partial charge < -0.3 is 5.32 Å². The van der Waals surface area contributed by atoms with Crippen molar-refractivity contribution in [2.45, 2.75) is 24.7 Å². The number of thioether (sulfide) groups is 1. The number of anilines is 1. The van der Waals surface area contributed by atoms with E-state index in [0.717, 1.165) is 29.8 Å². The van der Waals surface area contributed by atoms with Crippen LogP contribution in [-0.4, -0.2) is 21.2 Å². The molecule has 0 spiro atoms. The molecule has 4 rings (SSSR count). The van der Waals surface area contributed by atoms with E-state index in [1.807, 2.05) is 19.1 Å². The van der Waals surface area contributed by atoms with Crippen molar-refractivity contribution in [1.29, 1.82) is 0 Å². The quantitative estimate of drug-likeness (QED) is 0.282. The molecule has 1 heterocycles. The maximum absolute atomic E-state index is 13.3. The Morgan fingerprint density at radius 2 is 1.68 bits per heavy atom. The van der Waals surface area contributed by atoms with E-state index in [1.165, 1.54) is 22.8 Å². The maximum Gasteiger partial charge on any atom is 0.418 e. The Balaban J connectivity index is 1.65. The minimum Gasteiger partial charge on any atom is -0.325 e. The van der Waals surface area contributed by atoms with Crippen LogP contribution in [0.3, 0.4) is 0 Å². The number of carbonyl (C=O) groups is 1. The topological polar surface area (TPSA) is 64.0 Å². The Labute approximate surface area is 197 Å². The van der Waals surface area contributed by atoms with E-state index in [0.29, 0.717) is 16.6 Å². The minimum absolute atomic E-state index is 0.232. The van der Waals surface area contributed by atoms with E-state index < -0.39 is 17.6 Å². The van der Waals surface area contributed by atoms with Gasteiger partial charge in [-0.05, 0) is 48.4 Å². The molecular formula is C25H20F3N3O2S. The summed E-state index contributed by atoms with van der Waals surface area (Å²) in [7, 11) is 0. The standard InChI is InChI=1S/C25H20F3N3O2S/c1-2-16-11-13-17(14-12-16)31-23(33)18-7-3-5-9-20(18)30-24(31)34-15-22(32)29-21-10-6-4-8-19(21)25(26,27)28/h3-14H,2,15H2,1H3,(H,29,32). The van der Waals surface area contributed by atoms with Crippen molar-refractivity contribution in [2.75, 3.05) is 11.1 Å². The molecule has 0 unspecified atom stereocenters. The molecule has 0 aliphatic carbocycles. The van der Waals surface area contributed by atoms with Crippen LogP contribution in [0.15, 0.2) is 82.7 Å². The summed E-state index contributed by atoms with van der Waals surface area (Å²) in [6.45, 7) is 2.02. The first-order chi connectivity index (χ1) is 16.3. The van der Waals surface area contributed by atoms with Gasteiger partial charge in [0.1, 0.15) is 0 Å². The van der Waals surface area contributed by atoms with Gasteiger partial charge in [0, 0.05) is 0 Å². The molecule has 1 amide bonds. The molecule has 0 bridgehead atoms. The summed E-state index contributed by atoms with van der Waals surface area (Å²) in [5.41, 5.74) is 0.623. The first-order valence-electron chi connectivity index (χ1n) is 10.5. The lowest BCUT2D eigenvalue weighted by Crippen LogP contribution is -2.23. The molecule has 0 aliphatic rings. The number of aromatic nitrogens is 2. The van der Waals surface area contributed by atoms with Crippen LogP contribution in [0.25, 0.3) is 16.6 Å². The summed E-state index contributed by atoms with van der Waals surface area (Å²) in [5, 5.41) is 3.01. The number of hydrogen-bond donors (Lipinski definition) is 1. The van der Waals surface area contributed by atoms with Crippen molar-refractivity contribution in [1.82, 2.24) is 9.55 Å². The molecule has 0 atom stereocenters. The molecule has 174 valence electrons. The van der Waals surface area contributed by atoms with Crippen molar-refractivity contribution < 1.29 is 18.0 Å². The van der Waals surface area contributed by atoms with Crippen molar-refractivity contribution in [3.05, 3.63) is 94.3 Å². The fourth-order valence-corrected chi connectivity index (χ4v) is 4.29. The third-order valence-electron chi connectivity index (χ3n) is 5.19. The number of amides is 1. The number of rotatable bonds is 6. The number of nitrogens with one attached hydrogen (secondary N) is 1. The van der Waals surface area contributed by atoms with Gasteiger partial charge in [0.15, 0.2) is 5.16 Å². The van der Waals surface area contributed by atoms with Crippen LogP contribution < -0.4 is 10.9 Å². The van der Waals surface area contributed by atoms with Gasteiger partial charge in [-0.1, -0.05) is 55.1 Å². The molecule has 3 aromatic carbocycles. The zero-order valence-electron chi connectivity index (χ0n) is 18.1. The van der Waals surface area contributed by atoms with Gasteiger partial charge in [-0.3, -0.25) is 14.2 Å². The summed E-state index contributed by atoms with van der Waals surface area (Å²) >= 11 is 0.980. The lowest BCUT2D eigenvalue weighted by molar-refractivity contribution is -0.137. The average molecular weight is 484 g/mol. The van der Waals surface area contributed by atoms with Gasteiger partial charge in [0.25, 0.3) is 5.56 Å². The first-order valence-corrected chi connectivity index (χ1v) is 11.5. The van der Waals surface area contributed by atoms with Crippen molar-refractivity contribution in [3.8, 4) is 5.69 Å². The molecule has 34 heavy (non-hydrogen) atoms. The van der Waals surface area contributed by atoms with Crippen LogP contribution in [0.1, 0.15) is 18.1 Å². The van der Waals surface area contributed by atoms with E-state index in [4.69, 9.17) is 0 Å². The normalized spacial score (nSPS) is 11.5. The van der Waals surface area contributed by atoms with Gasteiger partial charge >= 0.3 is 6.18 Å². The molecule has 1 N–H and O–H groups in total. The van der Waals surface area contributed by atoms with Crippen LogP contribution in [0, 0.1) is 0 Å². The maximum atomic E-state index is 13.3. The second-order valence-corrected chi connectivity index (χ2v) is 8.39. The second kappa shape index (κ2) is 9.72. The first kappa shape index (κ1) is 23.6. The van der Waals surface area contributed by atoms with Crippen molar-refractivity contribution >= 4 is 34.3 Å². The zero-order chi connectivity index (χ0) is 24.3. The van der Waals surface area contributed by atoms with Crippen molar-refractivity contribution in [2.24, 2.45) is 0 Å². The average Bonchev–Trinajstić information content (AvgIpc) is 2.83. The Kier molecular flexibility index (Phi) is 6.74. The predicted octanol–water partition coefficient (Wildman–Crippen LogP) is 5.70. The van der Waals surface area contributed by atoms with Gasteiger partial charge in [-0.25, -0.2) is 4.98 Å². The number of hydrogen-bond acceptors (Lipinski definition) is 4. The number of nitrogens with zero attached hydrogens (tertiary/aromatic N) is 2. The van der Waals surface area contributed by atoms with Gasteiger partial charge in [-0.15, -0.1) is 0 Å². The van der Waals surface area contributed by atoms with Crippen LogP contribution in [0.4, 0.5) is 18.9 Å². The molecule has 5 nitrogen and oxygen atoms in total. The Bertz CT molecular complexity index is 1400. The SMILES string of the molecule is CCc1ccc(-n2c(SCC(=O)Nc3ccccc3C(F)(F)F)nc3ccccc3c2=O)cc1. The number of carbonyl (C=O) groups excluding carboxylic acids is 1. The molecule has 0 fully saturated rings. The van der Waals surface area contributed by atoms with E-state index >= 15 is 0 Å². The summed E-state index contributed by atoms with van der Waals surface area (Å²) in [6, 6.07) is 19.1. The van der Waals surface area contributed by atoms with E-state index in [2.05, 4.69) is 10.3 Å². The van der Waals surface area contributed by atoms with Crippen LogP contribution >= 0.6 is 11.8 Å². The third kappa shape index (κ3) is 4.99. The zero-order valence-corrected chi connectivity index (χ0v) is 18.9. The largest absolute Gasteiger partial charge is 0.418 e. The number of fused-ring (bicyclic) bond motifs is 1. The summed E-state index contributed by atoms with van der Waals surface area (Å²) < 4.78 is 41.1. The van der Waals surface area contributed by atoms with Crippen LogP contribution in [0.2, 0.25) is 0 Å². The highest BCUT2D eigenvalue weighted by Gasteiger charge is 2.33. The number of halogens is 3. The van der Waals surface area contributed by atoms with Gasteiger partial charge in [0.2, 0.25) is 5.91 Å². The monoisotopic (exact) mass is 483 g/mol. The highest BCUT2D eigenvalue weighted by molar-refractivity contribution is 7.99. The molecule has 9 heteroatoms. The lowest BCUT2D eigenvalue weighted by atomic mass is 10.1. The summed E-state index contributed by atoms with van der Waals surface area (Å²) in [6.07, 6.45) is -3.76. The molecule has 0 radical (unpaired) electrons. The smallest absolute Gasteiger partial charge is 0.325 e. The number of alkyl halides is 3. The van der Waals surface area contributed by atoms with E-state index in [9.17, 15) is 22.8 Å². The lowest BCUT2D eigenvalue weighted by Gasteiger charge is -2.15. The summed E-state index contributed by atoms with van der Waals surface area (Å²) in [5.74, 6) is -0.874. The molecule has 0 saturated heterocycles. The Morgan fingerprint density at radius 1 is 1.00 bits per heavy atom. The fourth-order valence-electron chi connectivity index (χ4n) is 3.47. The van der Waals surface area contributed by atoms with Crippen LogP contribution in [-0.2, 0) is 17.4 Å². The summed E-state index contributed by atoms with van der Waals surface area (Å²) in [4.78, 5) is 30.4. The third-order valence-corrected chi connectivity index (χ3v) is 6.13. The highest BCUT2D eigenvalue weighted by atomic mass is 32.2. The van der Waals surface area contributed by atoms with Gasteiger partial charge in [-0.2, -0.15) is 13.2 Å². The fraction of sp³-hybridized carbons (Fsp3) is 0.160. The number of para-hydroxylation sites is 2.